The molecule has 0 aliphatic rings. The van der Waals surface area contributed by atoms with Gasteiger partial charge in [-0.15, -0.1) is 0 Å². The van der Waals surface area contributed by atoms with E-state index in [1.165, 1.54) is 0 Å². The van der Waals surface area contributed by atoms with Gasteiger partial charge in [0.1, 0.15) is 5.75 Å². The van der Waals surface area contributed by atoms with Crippen molar-refractivity contribution in [2.75, 3.05) is 18.5 Å². The number of nitrogens with one attached hydrogen (secondary N) is 2. The van der Waals surface area contributed by atoms with E-state index in [1.807, 2.05) is 72.8 Å². The third-order valence-electron chi connectivity index (χ3n) is 5.08. The fourth-order valence-corrected chi connectivity index (χ4v) is 3.44. The molecular weight excluding hydrogens is 400 g/mol. The molecule has 0 saturated carbocycles. The quantitative estimate of drug-likeness (QED) is 0.426. The Labute approximate surface area is 187 Å². The van der Waals surface area contributed by atoms with Crippen LogP contribution in [-0.2, 0) is 11.2 Å². The first-order chi connectivity index (χ1) is 15.7. The van der Waals surface area contributed by atoms with Gasteiger partial charge in [0.05, 0.1) is 11.3 Å². The largest absolute Gasteiger partial charge is 0.484 e. The molecule has 0 fully saturated rings. The van der Waals surface area contributed by atoms with Gasteiger partial charge in [0.15, 0.2) is 6.61 Å². The van der Waals surface area contributed by atoms with E-state index in [4.69, 9.17) is 4.74 Å². The van der Waals surface area contributed by atoms with Gasteiger partial charge in [-0.05, 0) is 47.0 Å². The van der Waals surface area contributed by atoms with E-state index < -0.39 is 0 Å². The molecule has 0 bridgehead atoms. The van der Waals surface area contributed by atoms with E-state index in [2.05, 4.69) is 10.6 Å². The summed E-state index contributed by atoms with van der Waals surface area (Å²) in [6.45, 7) is 0.360. The topological polar surface area (TPSA) is 67.4 Å². The average Bonchev–Trinajstić information content (AvgIpc) is 2.83. The number of benzene rings is 4. The minimum atomic E-state index is -0.331. The zero-order valence-electron chi connectivity index (χ0n) is 17.6. The monoisotopic (exact) mass is 424 g/mol. The van der Waals surface area contributed by atoms with Gasteiger partial charge in [0.2, 0.25) is 0 Å². The molecular formula is C27H24N2O3. The van der Waals surface area contributed by atoms with Gasteiger partial charge < -0.3 is 15.4 Å². The lowest BCUT2D eigenvalue weighted by Crippen LogP contribution is -2.28. The molecule has 0 atom stereocenters. The maximum atomic E-state index is 12.6. The number of hydrogen-bond donors (Lipinski definition) is 2. The molecule has 5 heteroatoms. The molecule has 4 aromatic rings. The first-order valence-corrected chi connectivity index (χ1v) is 10.5. The molecule has 0 aliphatic heterocycles. The third kappa shape index (κ3) is 5.52. The minimum absolute atomic E-state index is 0.150. The molecule has 4 rings (SSSR count). The summed E-state index contributed by atoms with van der Waals surface area (Å²) in [7, 11) is 0. The summed E-state index contributed by atoms with van der Waals surface area (Å²) in [5.41, 5.74) is 2.02. The third-order valence-corrected chi connectivity index (χ3v) is 5.08. The predicted octanol–water partition coefficient (Wildman–Crippen LogP) is 4.83. The van der Waals surface area contributed by atoms with Gasteiger partial charge in [0, 0.05) is 6.54 Å². The number of para-hydroxylation sites is 1. The molecule has 0 unspecified atom stereocenters. The highest BCUT2D eigenvalue weighted by atomic mass is 16.5. The number of hydrogen-bond acceptors (Lipinski definition) is 3. The fourth-order valence-electron chi connectivity index (χ4n) is 3.44. The highest BCUT2D eigenvalue weighted by molar-refractivity contribution is 6.04. The first kappa shape index (κ1) is 21.1. The zero-order chi connectivity index (χ0) is 22.2. The summed E-state index contributed by atoms with van der Waals surface area (Å²) in [5, 5.41) is 7.85. The second-order valence-corrected chi connectivity index (χ2v) is 7.38. The minimum Gasteiger partial charge on any atom is -0.484 e. The van der Waals surface area contributed by atoms with Gasteiger partial charge in [0.25, 0.3) is 11.8 Å². The van der Waals surface area contributed by atoms with Crippen LogP contribution in [0, 0.1) is 0 Å². The lowest BCUT2D eigenvalue weighted by atomic mass is 10.1. The Balaban J connectivity index is 1.33. The molecule has 2 amide bonds. The van der Waals surface area contributed by atoms with Crippen molar-refractivity contribution in [3.05, 3.63) is 108 Å². The van der Waals surface area contributed by atoms with Gasteiger partial charge >= 0.3 is 0 Å². The molecule has 0 radical (unpaired) electrons. The number of ether oxygens (including phenoxy) is 1. The van der Waals surface area contributed by atoms with Crippen LogP contribution in [0.5, 0.6) is 5.75 Å². The molecule has 0 aliphatic carbocycles. The number of carbonyl (C=O) groups is 2. The Morgan fingerprint density at radius 1 is 0.750 bits per heavy atom. The van der Waals surface area contributed by atoms with Crippen LogP contribution in [0.1, 0.15) is 15.9 Å². The van der Waals surface area contributed by atoms with Gasteiger partial charge in [-0.25, -0.2) is 0 Å². The number of anilines is 1. The van der Waals surface area contributed by atoms with E-state index in [1.54, 1.807) is 24.3 Å². The van der Waals surface area contributed by atoms with E-state index in [9.17, 15) is 9.59 Å². The summed E-state index contributed by atoms with van der Waals surface area (Å²) < 4.78 is 5.65. The summed E-state index contributed by atoms with van der Waals surface area (Å²) in [6, 6.07) is 30.6. The van der Waals surface area contributed by atoms with Crippen molar-refractivity contribution in [2.45, 2.75) is 6.42 Å². The van der Waals surface area contributed by atoms with Crippen LogP contribution in [0.3, 0.4) is 0 Å². The van der Waals surface area contributed by atoms with E-state index >= 15 is 0 Å². The highest BCUT2D eigenvalue weighted by Gasteiger charge is 2.13. The van der Waals surface area contributed by atoms with Gasteiger partial charge in [-0.1, -0.05) is 72.8 Å². The smallest absolute Gasteiger partial charge is 0.262 e. The lowest BCUT2D eigenvalue weighted by Gasteiger charge is -2.12. The van der Waals surface area contributed by atoms with Crippen molar-refractivity contribution in [3.63, 3.8) is 0 Å². The molecule has 4 aromatic carbocycles. The normalized spacial score (nSPS) is 10.5. The number of fused-ring (bicyclic) bond motifs is 1. The SMILES string of the molecule is O=C(COc1ccc2ccccc2c1)Nc1ccccc1C(=O)NCCc1ccccc1. The second kappa shape index (κ2) is 10.3. The Morgan fingerprint density at radius 2 is 1.47 bits per heavy atom. The Morgan fingerprint density at radius 3 is 2.31 bits per heavy atom. The van der Waals surface area contributed by atoms with Gasteiger partial charge in [-0.3, -0.25) is 9.59 Å². The summed E-state index contributed by atoms with van der Waals surface area (Å²) in [6.07, 6.45) is 0.737. The van der Waals surface area contributed by atoms with Gasteiger partial charge in [-0.2, -0.15) is 0 Å². The van der Waals surface area contributed by atoms with Crippen LogP contribution >= 0.6 is 0 Å². The fraction of sp³-hybridized carbons (Fsp3) is 0.111. The van der Waals surface area contributed by atoms with Crippen molar-refractivity contribution >= 4 is 28.3 Å². The molecule has 32 heavy (non-hydrogen) atoms. The molecule has 5 nitrogen and oxygen atoms in total. The molecule has 0 spiro atoms. The Kier molecular flexibility index (Phi) is 6.78. The molecule has 0 saturated heterocycles. The van der Waals surface area contributed by atoms with Crippen molar-refractivity contribution in [1.82, 2.24) is 5.32 Å². The van der Waals surface area contributed by atoms with Crippen LogP contribution in [0.4, 0.5) is 5.69 Å². The van der Waals surface area contributed by atoms with Crippen molar-refractivity contribution in [1.29, 1.82) is 0 Å². The molecule has 2 N–H and O–H groups in total. The highest BCUT2D eigenvalue weighted by Crippen LogP contribution is 2.21. The standard InChI is InChI=1S/C27H24N2O3/c30-26(19-32-23-15-14-21-10-4-5-11-22(21)18-23)29-25-13-7-6-12-24(25)27(31)28-17-16-20-8-2-1-3-9-20/h1-15,18H,16-17,19H2,(H,28,31)(H,29,30). The van der Waals surface area contributed by atoms with Crippen LogP contribution in [0.2, 0.25) is 0 Å². The second-order valence-electron chi connectivity index (χ2n) is 7.38. The summed E-state index contributed by atoms with van der Waals surface area (Å²) in [4.78, 5) is 25.1. The molecule has 0 heterocycles. The number of rotatable bonds is 8. The van der Waals surface area contributed by atoms with E-state index in [0.29, 0.717) is 23.5 Å². The molecule has 0 aromatic heterocycles. The van der Waals surface area contributed by atoms with E-state index in [-0.39, 0.29) is 18.4 Å². The number of amides is 2. The molecule has 160 valence electrons. The zero-order valence-corrected chi connectivity index (χ0v) is 17.6. The summed E-state index contributed by atoms with van der Waals surface area (Å²) in [5.74, 6) is 0.0563. The Hall–Kier alpha value is -4.12. The average molecular weight is 425 g/mol. The predicted molar refractivity (Wildman–Crippen MR) is 127 cm³/mol. The number of carbonyl (C=O) groups excluding carboxylic acids is 2. The van der Waals surface area contributed by atoms with E-state index in [0.717, 1.165) is 22.8 Å². The van der Waals surface area contributed by atoms with Crippen molar-refractivity contribution in [3.8, 4) is 5.75 Å². The Bertz CT molecular complexity index is 1220. The van der Waals surface area contributed by atoms with Crippen molar-refractivity contribution in [2.24, 2.45) is 0 Å². The van der Waals surface area contributed by atoms with Crippen LogP contribution in [0.25, 0.3) is 10.8 Å². The maximum Gasteiger partial charge on any atom is 0.262 e. The first-order valence-electron chi connectivity index (χ1n) is 10.5. The van der Waals surface area contributed by atoms with Crippen LogP contribution in [-0.4, -0.2) is 25.0 Å². The maximum absolute atomic E-state index is 12.6. The lowest BCUT2D eigenvalue weighted by molar-refractivity contribution is -0.118. The summed E-state index contributed by atoms with van der Waals surface area (Å²) >= 11 is 0. The van der Waals surface area contributed by atoms with Crippen molar-refractivity contribution < 1.29 is 14.3 Å². The van der Waals surface area contributed by atoms with Crippen LogP contribution in [0.15, 0.2) is 97.1 Å². The van der Waals surface area contributed by atoms with Crippen LogP contribution < -0.4 is 15.4 Å².